The van der Waals surface area contributed by atoms with Gasteiger partial charge in [-0.2, -0.15) is 0 Å². The maximum absolute atomic E-state index is 12.9. The van der Waals surface area contributed by atoms with Gasteiger partial charge in [0, 0.05) is 0 Å². The first-order valence-corrected chi connectivity index (χ1v) is 9.37. The predicted octanol–water partition coefficient (Wildman–Crippen LogP) is 6.21. The van der Waals surface area contributed by atoms with E-state index in [-0.39, 0.29) is 19.8 Å². The molecule has 4 nitrogen and oxygen atoms in total. The smallest absolute Gasteiger partial charge is 0.282 e. The van der Waals surface area contributed by atoms with E-state index in [1.807, 2.05) is 62.3 Å². The lowest BCUT2D eigenvalue weighted by molar-refractivity contribution is 0.134. The molecule has 0 saturated carbocycles. The second-order valence-corrected chi connectivity index (χ2v) is 8.28. The van der Waals surface area contributed by atoms with Gasteiger partial charge >= 0.3 is 7.82 Å². The lowest BCUT2D eigenvalue weighted by Crippen LogP contribution is -2.07. The molecule has 0 atom stereocenters. The van der Waals surface area contributed by atoms with Crippen molar-refractivity contribution in [3.63, 3.8) is 0 Å². The van der Waals surface area contributed by atoms with E-state index in [9.17, 15) is 4.57 Å². The molecule has 0 aromatic heterocycles. The van der Waals surface area contributed by atoms with Crippen LogP contribution in [-0.4, -0.2) is 19.8 Å². The standard InChI is InChI=1S/C18H33O4P/c1-13(2)16(7)10-20-23(19,21-11-17(8)14(3)4)22-12-18(9)15(5)6/h10-12H2,1-9H3. The van der Waals surface area contributed by atoms with E-state index in [1.54, 1.807) is 0 Å². The zero-order valence-electron chi connectivity index (χ0n) is 16.2. The van der Waals surface area contributed by atoms with Crippen molar-refractivity contribution in [1.29, 1.82) is 0 Å². The summed E-state index contributed by atoms with van der Waals surface area (Å²) in [5, 5.41) is 0. The molecule has 0 aliphatic rings. The van der Waals surface area contributed by atoms with E-state index in [2.05, 4.69) is 0 Å². The summed E-state index contributed by atoms with van der Waals surface area (Å²) < 4.78 is 29.4. The van der Waals surface area contributed by atoms with E-state index in [0.717, 1.165) is 33.4 Å². The minimum atomic E-state index is -3.60. The summed E-state index contributed by atoms with van der Waals surface area (Å²) >= 11 is 0. The van der Waals surface area contributed by atoms with Crippen LogP contribution in [0.2, 0.25) is 0 Å². The van der Waals surface area contributed by atoms with Crippen LogP contribution in [0.1, 0.15) is 62.3 Å². The van der Waals surface area contributed by atoms with E-state index in [0.29, 0.717) is 0 Å². The SMILES string of the molecule is CC(C)=C(C)COP(=O)(OCC(C)=C(C)C)OCC(C)=C(C)C. The molecule has 0 aromatic rings. The minimum absolute atomic E-state index is 0.237. The molecule has 0 heterocycles. The first-order chi connectivity index (χ1) is 10.5. The summed E-state index contributed by atoms with van der Waals surface area (Å²) in [5.41, 5.74) is 6.48. The Labute approximate surface area is 142 Å². The van der Waals surface area contributed by atoms with Gasteiger partial charge in [0.1, 0.15) is 0 Å². The zero-order valence-corrected chi connectivity index (χ0v) is 17.1. The Hall–Kier alpha value is -0.670. The second kappa shape index (κ2) is 10.2. The lowest BCUT2D eigenvalue weighted by Gasteiger charge is -2.20. The molecule has 0 fully saturated rings. The summed E-state index contributed by atoms with van der Waals surface area (Å²) in [6, 6.07) is 0. The predicted molar refractivity (Wildman–Crippen MR) is 97.6 cm³/mol. The molecule has 0 radical (unpaired) electrons. The molecule has 5 heteroatoms. The van der Waals surface area contributed by atoms with Crippen LogP contribution in [0, 0.1) is 0 Å². The molecular formula is C18H33O4P. The molecule has 0 amide bonds. The fraction of sp³-hybridized carbons (Fsp3) is 0.667. The van der Waals surface area contributed by atoms with Crippen molar-refractivity contribution in [3.8, 4) is 0 Å². The largest absolute Gasteiger partial charge is 0.475 e. The van der Waals surface area contributed by atoms with Crippen LogP contribution in [0.15, 0.2) is 33.4 Å². The summed E-state index contributed by atoms with van der Waals surface area (Å²) in [4.78, 5) is 0. The highest BCUT2D eigenvalue weighted by Crippen LogP contribution is 2.50. The van der Waals surface area contributed by atoms with Crippen molar-refractivity contribution >= 4 is 7.82 Å². The molecule has 0 aliphatic heterocycles. The van der Waals surface area contributed by atoms with Crippen molar-refractivity contribution in [1.82, 2.24) is 0 Å². The third-order valence-corrected chi connectivity index (χ3v) is 5.21. The highest BCUT2D eigenvalue weighted by molar-refractivity contribution is 7.48. The van der Waals surface area contributed by atoms with Crippen LogP contribution in [-0.2, 0) is 18.1 Å². The van der Waals surface area contributed by atoms with E-state index >= 15 is 0 Å². The van der Waals surface area contributed by atoms with Gasteiger partial charge in [-0.3, -0.25) is 13.6 Å². The van der Waals surface area contributed by atoms with Crippen molar-refractivity contribution in [2.75, 3.05) is 19.8 Å². The average molecular weight is 344 g/mol. The topological polar surface area (TPSA) is 44.8 Å². The third-order valence-electron chi connectivity index (χ3n) is 3.88. The third kappa shape index (κ3) is 9.26. The number of hydrogen-bond donors (Lipinski definition) is 0. The van der Waals surface area contributed by atoms with Gasteiger partial charge in [0.15, 0.2) is 0 Å². The highest BCUT2D eigenvalue weighted by atomic mass is 31.2. The van der Waals surface area contributed by atoms with Crippen LogP contribution >= 0.6 is 7.82 Å². The molecule has 0 aliphatic carbocycles. The molecular weight excluding hydrogens is 311 g/mol. The number of allylic oxidation sites excluding steroid dienone is 3. The number of rotatable bonds is 9. The quantitative estimate of drug-likeness (QED) is 0.368. The number of phosphoric acid groups is 1. The lowest BCUT2D eigenvalue weighted by atomic mass is 10.2. The summed E-state index contributed by atoms with van der Waals surface area (Å²) in [6.07, 6.45) is 0. The van der Waals surface area contributed by atoms with Gasteiger partial charge in [0.05, 0.1) is 19.8 Å². The number of phosphoric ester groups is 1. The Balaban J connectivity index is 5.04. The minimum Gasteiger partial charge on any atom is -0.282 e. The van der Waals surface area contributed by atoms with Gasteiger partial charge in [-0.1, -0.05) is 16.7 Å². The molecule has 0 saturated heterocycles. The molecule has 134 valence electrons. The maximum atomic E-state index is 12.9. The highest BCUT2D eigenvalue weighted by Gasteiger charge is 2.27. The molecule has 0 N–H and O–H groups in total. The fourth-order valence-electron chi connectivity index (χ4n) is 1.07. The van der Waals surface area contributed by atoms with E-state index < -0.39 is 7.82 Å². The van der Waals surface area contributed by atoms with Crippen LogP contribution in [0.4, 0.5) is 0 Å². The van der Waals surface area contributed by atoms with Crippen LogP contribution < -0.4 is 0 Å². The Bertz CT molecular complexity index is 453. The van der Waals surface area contributed by atoms with Gasteiger partial charge in [0.25, 0.3) is 0 Å². The first kappa shape index (κ1) is 22.3. The second-order valence-electron chi connectivity index (χ2n) is 6.61. The summed E-state index contributed by atoms with van der Waals surface area (Å²) in [5.74, 6) is 0. The Morgan fingerprint density at radius 3 is 0.957 bits per heavy atom. The van der Waals surface area contributed by atoms with E-state index in [1.165, 1.54) is 0 Å². The molecule has 0 bridgehead atoms. The van der Waals surface area contributed by atoms with Crippen LogP contribution in [0.5, 0.6) is 0 Å². The van der Waals surface area contributed by atoms with Gasteiger partial charge in [-0.05, 0) is 79.0 Å². The maximum Gasteiger partial charge on any atom is 0.475 e. The van der Waals surface area contributed by atoms with Crippen molar-refractivity contribution in [3.05, 3.63) is 33.4 Å². The van der Waals surface area contributed by atoms with Crippen molar-refractivity contribution in [2.45, 2.75) is 62.3 Å². The fourth-order valence-corrected chi connectivity index (χ4v) is 2.35. The van der Waals surface area contributed by atoms with Gasteiger partial charge in [-0.25, -0.2) is 4.57 Å². The van der Waals surface area contributed by atoms with Crippen LogP contribution in [0.25, 0.3) is 0 Å². The molecule has 0 spiro atoms. The average Bonchev–Trinajstić information content (AvgIpc) is 2.47. The van der Waals surface area contributed by atoms with Crippen molar-refractivity contribution in [2.24, 2.45) is 0 Å². The Kier molecular flexibility index (Phi) is 9.95. The Morgan fingerprint density at radius 2 is 0.783 bits per heavy atom. The molecule has 0 unspecified atom stereocenters. The zero-order chi connectivity index (χ0) is 18.2. The van der Waals surface area contributed by atoms with E-state index in [4.69, 9.17) is 13.6 Å². The molecule has 0 rings (SSSR count). The van der Waals surface area contributed by atoms with Gasteiger partial charge < -0.3 is 0 Å². The van der Waals surface area contributed by atoms with Crippen molar-refractivity contribution < 1.29 is 18.1 Å². The monoisotopic (exact) mass is 344 g/mol. The van der Waals surface area contributed by atoms with Gasteiger partial charge in [-0.15, -0.1) is 0 Å². The normalized spacial score (nSPS) is 11.2. The molecule has 0 aromatic carbocycles. The first-order valence-electron chi connectivity index (χ1n) is 7.91. The van der Waals surface area contributed by atoms with Crippen LogP contribution in [0.3, 0.4) is 0 Å². The Morgan fingerprint density at radius 1 is 0.565 bits per heavy atom. The number of hydrogen-bond acceptors (Lipinski definition) is 4. The summed E-state index contributed by atoms with van der Waals surface area (Å²) in [6.45, 7) is 18.5. The summed E-state index contributed by atoms with van der Waals surface area (Å²) in [7, 11) is -3.60. The van der Waals surface area contributed by atoms with Gasteiger partial charge in [0.2, 0.25) is 0 Å². The molecule has 23 heavy (non-hydrogen) atoms.